The predicted molar refractivity (Wildman–Crippen MR) is 231 cm³/mol. The summed E-state index contributed by atoms with van der Waals surface area (Å²) in [6, 6.07) is 21.4. The lowest BCUT2D eigenvalue weighted by atomic mass is 10.1. The molecule has 0 saturated heterocycles. The summed E-state index contributed by atoms with van der Waals surface area (Å²) in [6.07, 6.45) is 1.18. The van der Waals surface area contributed by atoms with Crippen molar-refractivity contribution >= 4 is 118 Å². The zero-order valence-electron chi connectivity index (χ0n) is 30.2. The molecule has 0 aliphatic heterocycles. The molecule has 2 unspecified atom stereocenters. The Morgan fingerprint density at radius 3 is 2.34 bits per heavy atom. The van der Waals surface area contributed by atoms with E-state index in [1.807, 2.05) is 24.3 Å². The zero-order chi connectivity index (χ0) is 42.9. The van der Waals surface area contributed by atoms with E-state index in [1.165, 1.54) is 61.8 Å². The van der Waals surface area contributed by atoms with E-state index in [-0.39, 0.29) is 47.8 Å². The van der Waals surface area contributed by atoms with Gasteiger partial charge >= 0.3 is 6.03 Å². The van der Waals surface area contributed by atoms with Crippen molar-refractivity contribution in [2.24, 2.45) is 5.10 Å². The minimum absolute atomic E-state index is 0.0911. The topological polar surface area (TPSA) is 280 Å². The number of urea groups is 1. The number of thioether (sulfide) groups is 1. The fourth-order valence-electron chi connectivity index (χ4n) is 5.25. The highest BCUT2D eigenvalue weighted by Gasteiger charge is 2.27. The van der Waals surface area contributed by atoms with Gasteiger partial charge in [0.2, 0.25) is 0 Å². The van der Waals surface area contributed by atoms with Crippen molar-refractivity contribution in [3.63, 3.8) is 0 Å². The van der Waals surface area contributed by atoms with E-state index in [4.69, 9.17) is 12.2 Å². The van der Waals surface area contributed by atoms with Crippen LogP contribution < -0.4 is 37.5 Å². The molecule has 0 spiro atoms. The average molecular weight is 946 g/mol. The van der Waals surface area contributed by atoms with Crippen molar-refractivity contribution in [2.45, 2.75) is 26.5 Å². The van der Waals surface area contributed by atoms with Gasteiger partial charge in [0.05, 0.1) is 21.3 Å². The number of hydrazine groups is 1. The minimum Gasteiger partial charge on any atom is -0.504 e. The number of phenolic OH excluding ortho intramolecular Hbond substituents is 2. The third kappa shape index (κ3) is 11.9. The molecule has 0 heterocycles. The molecule has 5 rings (SSSR count). The first kappa shape index (κ1) is 44.3. The van der Waals surface area contributed by atoms with Crippen LogP contribution in [0.2, 0.25) is 0 Å². The molecule has 0 saturated carbocycles. The number of benzene rings is 5. The molecule has 23 heteroatoms. The Morgan fingerprint density at radius 2 is 1.64 bits per heavy atom. The van der Waals surface area contributed by atoms with E-state index in [2.05, 4.69) is 58.6 Å². The number of phenols is 2. The van der Waals surface area contributed by atoms with Crippen molar-refractivity contribution in [2.75, 3.05) is 23.0 Å². The summed E-state index contributed by atoms with van der Waals surface area (Å²) in [4.78, 5) is 38.3. The number of hydrogen-bond acceptors (Lipinski definition) is 12. The summed E-state index contributed by atoms with van der Waals surface area (Å²) in [5.41, 5.74) is 7.96. The number of amides is 4. The summed E-state index contributed by atoms with van der Waals surface area (Å²) in [6.45, 7) is 0. The van der Waals surface area contributed by atoms with Crippen molar-refractivity contribution in [3.8, 4) is 11.5 Å². The zero-order valence-corrected chi connectivity index (χ0v) is 35.1. The van der Waals surface area contributed by atoms with Crippen LogP contribution in [0.4, 0.5) is 21.9 Å². The maximum Gasteiger partial charge on any atom is 0.319 e. The largest absolute Gasteiger partial charge is 0.504 e. The maximum absolute atomic E-state index is 13.5. The van der Waals surface area contributed by atoms with Gasteiger partial charge in [-0.25, -0.2) is 14.4 Å². The number of aromatic hydroxyl groups is 2. The Kier molecular flexibility index (Phi) is 14.8. The second kappa shape index (κ2) is 19.8. The third-order valence-electron chi connectivity index (χ3n) is 7.94. The Bertz CT molecular complexity index is 2590. The van der Waals surface area contributed by atoms with E-state index >= 15 is 0 Å². The smallest absolute Gasteiger partial charge is 0.319 e. The highest BCUT2D eigenvalue weighted by molar-refractivity contribution is 9.10. The summed E-state index contributed by atoms with van der Waals surface area (Å²) < 4.78 is 57.2. The number of nitrogens with zero attached hydrogens (tertiary/aromatic N) is 1. The van der Waals surface area contributed by atoms with Gasteiger partial charge in [-0.3, -0.25) is 25.0 Å². The summed E-state index contributed by atoms with van der Waals surface area (Å²) in [5.74, 6) is -2.71. The van der Waals surface area contributed by atoms with Gasteiger partial charge in [-0.2, -0.15) is 13.5 Å². The van der Waals surface area contributed by atoms with Crippen molar-refractivity contribution < 1.29 is 46.3 Å². The molecule has 0 aromatic heterocycles. The van der Waals surface area contributed by atoms with Crippen molar-refractivity contribution in [1.29, 1.82) is 0 Å². The summed E-state index contributed by atoms with van der Waals surface area (Å²) in [7, 11) is -3.48. The van der Waals surface area contributed by atoms with Crippen LogP contribution in [-0.4, -0.2) is 74.2 Å². The highest BCUT2D eigenvalue weighted by Crippen LogP contribution is 2.35. The van der Waals surface area contributed by atoms with Crippen LogP contribution in [-0.2, 0) is 36.5 Å². The van der Waals surface area contributed by atoms with Gasteiger partial charge in [-0.1, -0.05) is 42.5 Å². The van der Waals surface area contributed by atoms with Crippen LogP contribution in [0.5, 0.6) is 11.5 Å². The molecular weight excluding hydrogens is 913 g/mol. The lowest BCUT2D eigenvalue weighted by Crippen LogP contribution is -2.54. The van der Waals surface area contributed by atoms with Gasteiger partial charge < -0.3 is 36.0 Å². The number of halogens is 1. The number of thiocarbonyl (C=S) groups is 1. The molecule has 308 valence electrons. The molecule has 0 aliphatic carbocycles. The van der Waals surface area contributed by atoms with Gasteiger partial charge in [0, 0.05) is 29.1 Å². The molecule has 4 amide bonds. The predicted octanol–water partition coefficient (Wildman–Crippen LogP) is 4.83. The van der Waals surface area contributed by atoms with E-state index in [0.29, 0.717) is 11.3 Å². The van der Waals surface area contributed by atoms with Crippen LogP contribution >= 0.6 is 39.9 Å². The van der Waals surface area contributed by atoms with Crippen LogP contribution in [0.25, 0.3) is 10.8 Å². The fraction of sp³-hybridized carbons (Fsp3) is 0.0833. The normalized spacial score (nSPS) is 12.3. The number of fused-ring (bicyclic) bond motifs is 1. The van der Waals surface area contributed by atoms with E-state index in [0.717, 1.165) is 22.5 Å². The van der Waals surface area contributed by atoms with Crippen LogP contribution in [0.15, 0.2) is 115 Å². The second-order valence-corrected chi connectivity index (χ2v) is 16.6. The van der Waals surface area contributed by atoms with Crippen molar-refractivity contribution in [3.05, 3.63) is 107 Å². The Hall–Kier alpha value is -5.82. The molecule has 0 fully saturated rings. The second-order valence-electron chi connectivity index (χ2n) is 12.0. The molecule has 5 aromatic carbocycles. The molecule has 11 N–H and O–H groups in total. The quantitative estimate of drug-likeness (QED) is 0.0110. The molecule has 18 nitrogen and oxygen atoms in total. The number of carbonyl (C=O) groups is 3. The van der Waals surface area contributed by atoms with Gasteiger partial charge in [-0.05, 0) is 98.6 Å². The lowest BCUT2D eigenvalue weighted by Gasteiger charge is -2.19. The van der Waals surface area contributed by atoms with Gasteiger partial charge in [0.1, 0.15) is 4.90 Å². The van der Waals surface area contributed by atoms with E-state index in [9.17, 15) is 46.3 Å². The Morgan fingerprint density at radius 1 is 0.915 bits per heavy atom. The molecule has 0 radical (unpaired) electrons. The number of carbonyl (C=O) groups excluding carboxylic acids is 3. The van der Waals surface area contributed by atoms with Crippen LogP contribution in [0, 0.1) is 0 Å². The Balaban J connectivity index is 1.28. The number of anilines is 3. The van der Waals surface area contributed by atoms with Gasteiger partial charge in [0.15, 0.2) is 33.7 Å². The molecule has 2 atom stereocenters. The minimum atomic E-state index is -4.81. The molecule has 0 bridgehead atoms. The van der Waals surface area contributed by atoms with Gasteiger partial charge in [0.25, 0.3) is 21.9 Å². The lowest BCUT2D eigenvalue weighted by molar-refractivity contribution is -0.130. The molecule has 0 aliphatic rings. The third-order valence-corrected chi connectivity index (χ3v) is 11.7. The van der Waals surface area contributed by atoms with E-state index in [1.54, 1.807) is 18.2 Å². The Labute approximate surface area is 356 Å². The first-order valence-electron chi connectivity index (χ1n) is 16.7. The number of hydrogen-bond donors (Lipinski definition) is 11. The van der Waals surface area contributed by atoms with Crippen LogP contribution in [0.1, 0.15) is 11.1 Å². The number of nitrogens with one attached hydrogen (secondary N) is 7. The molecule has 5 aromatic rings. The standard InChI is InChI=1S/C36H33BrN8O10S4/c1-38-35(50)42-26-8-4-7-22(32(26)59(53,54)55)18-57-28-12-11-24(16-29(28)58(51)52)41-36(56)45-44-34(49)30(40-23-10-9-20-5-2-3-6-21(20)15-23)33(48)43-39-17-19-13-25(37)31(47)27(46)14-19/h2-17,30,40,46-47H,18H2,1H3,(H,43,48)(H,44,49)(H,51,52)(H2,38,42,50)(H2,41,45,56)(H,53,54,55)/b39-17+. The average Bonchev–Trinajstić information content (AvgIpc) is 3.19. The van der Waals surface area contributed by atoms with E-state index < -0.39 is 55.7 Å². The monoisotopic (exact) mass is 944 g/mol. The summed E-state index contributed by atoms with van der Waals surface area (Å²) >= 11 is 6.85. The molecular formula is C36H33BrN8O10S4. The number of hydrazone groups is 1. The first-order valence-corrected chi connectivity index (χ1v) is 21.4. The number of rotatable bonds is 13. The van der Waals surface area contributed by atoms with Crippen LogP contribution in [0.3, 0.4) is 0 Å². The SMILES string of the molecule is CNC(=O)Nc1cccc(CSc2ccc(NC(=S)NNC(=O)C(Nc3ccc4ccccc4c3)C(=O)N/N=C/c3cc(O)c(O)c(Br)c3)cc2S(=O)O)c1S(=O)(=O)O. The molecule has 59 heavy (non-hydrogen) atoms. The maximum atomic E-state index is 13.5. The van der Waals surface area contributed by atoms with Crippen molar-refractivity contribution in [1.82, 2.24) is 21.6 Å². The highest BCUT2D eigenvalue weighted by atomic mass is 79.9. The fourth-order valence-corrected chi connectivity index (χ4v) is 8.62. The van der Waals surface area contributed by atoms with Gasteiger partial charge in [-0.15, -0.1) is 11.8 Å². The summed E-state index contributed by atoms with van der Waals surface area (Å²) in [5, 5.41) is 35.4. The first-order chi connectivity index (χ1) is 28.0.